The first kappa shape index (κ1) is 11.2. The first-order valence-corrected chi connectivity index (χ1v) is 5.57. The fourth-order valence-corrected chi connectivity index (χ4v) is 1.59. The number of nitrogens with one attached hydrogen (secondary N) is 1. The summed E-state index contributed by atoms with van der Waals surface area (Å²) in [4.78, 5) is 0. The minimum Gasteiger partial charge on any atom is -0.366 e. The van der Waals surface area contributed by atoms with Gasteiger partial charge in [0.2, 0.25) is 0 Å². The molecule has 1 aromatic heterocycles. The topological polar surface area (TPSA) is 53.6 Å². The minimum atomic E-state index is -0.363. The van der Waals surface area contributed by atoms with Crippen LogP contribution in [0.25, 0.3) is 0 Å². The fraction of sp³-hybridized carbons (Fsp3) is 0.231. The second-order valence-electron chi connectivity index (χ2n) is 3.70. The number of aromatic nitrogens is 2. The zero-order chi connectivity index (χ0) is 12.1. The lowest BCUT2D eigenvalue weighted by atomic mass is 10.1. The molecule has 0 saturated carbocycles. The van der Waals surface area contributed by atoms with Crippen LogP contribution in [-0.4, -0.2) is 9.78 Å². The molecule has 2 rings (SSSR count). The lowest BCUT2D eigenvalue weighted by molar-refractivity contribution is 0.659. The molecule has 0 saturated heterocycles. The van der Waals surface area contributed by atoms with Gasteiger partial charge in [-0.1, -0.05) is 18.2 Å². The first-order valence-electron chi connectivity index (χ1n) is 5.57. The van der Waals surface area contributed by atoms with Gasteiger partial charge in [0, 0.05) is 24.0 Å². The average molecular weight is 226 g/mol. The van der Waals surface area contributed by atoms with Crippen LogP contribution < -0.4 is 5.32 Å². The van der Waals surface area contributed by atoms with Crippen molar-refractivity contribution in [3.8, 4) is 6.07 Å². The molecule has 2 aromatic rings. The summed E-state index contributed by atoms with van der Waals surface area (Å²) in [6.45, 7) is 2.83. The van der Waals surface area contributed by atoms with Gasteiger partial charge in [-0.15, -0.1) is 0 Å². The number of nitrogens with zero attached hydrogens (tertiary/aromatic N) is 3. The maximum absolute atomic E-state index is 9.17. The Balaban J connectivity index is 2.15. The summed E-state index contributed by atoms with van der Waals surface area (Å²) in [5.74, 6) is 0. The maximum atomic E-state index is 9.17. The average Bonchev–Trinajstić information content (AvgIpc) is 2.86. The second-order valence-corrected chi connectivity index (χ2v) is 3.70. The molecule has 0 aliphatic rings. The number of nitriles is 1. The normalized spacial score (nSPS) is 11.8. The van der Waals surface area contributed by atoms with E-state index >= 15 is 0 Å². The predicted octanol–water partition coefficient (Wildman–Crippen LogP) is 2.58. The molecule has 0 aliphatic carbocycles. The monoisotopic (exact) mass is 226 g/mol. The summed E-state index contributed by atoms with van der Waals surface area (Å²) < 4.78 is 1.81. The third-order valence-electron chi connectivity index (χ3n) is 2.52. The van der Waals surface area contributed by atoms with Crippen LogP contribution in [-0.2, 0) is 6.54 Å². The molecule has 4 nitrogen and oxygen atoms in total. The van der Waals surface area contributed by atoms with Gasteiger partial charge in [0.1, 0.15) is 6.04 Å². The van der Waals surface area contributed by atoms with E-state index in [0.29, 0.717) is 0 Å². The Hall–Kier alpha value is -2.28. The molecular weight excluding hydrogens is 212 g/mol. The number of hydrogen-bond donors (Lipinski definition) is 1. The molecule has 17 heavy (non-hydrogen) atoms. The van der Waals surface area contributed by atoms with E-state index in [0.717, 1.165) is 17.8 Å². The molecule has 0 radical (unpaired) electrons. The Morgan fingerprint density at radius 3 is 2.76 bits per heavy atom. The molecular formula is C13H14N4. The zero-order valence-corrected chi connectivity index (χ0v) is 9.67. The molecule has 4 heteroatoms. The first-order chi connectivity index (χ1) is 8.33. The Morgan fingerprint density at radius 1 is 1.41 bits per heavy atom. The highest BCUT2D eigenvalue weighted by atomic mass is 15.3. The maximum Gasteiger partial charge on any atom is 0.143 e. The van der Waals surface area contributed by atoms with Gasteiger partial charge in [-0.3, -0.25) is 4.68 Å². The van der Waals surface area contributed by atoms with Crippen molar-refractivity contribution in [2.75, 3.05) is 5.32 Å². The summed E-state index contributed by atoms with van der Waals surface area (Å²) in [6, 6.07) is 11.6. The highest BCUT2D eigenvalue weighted by Crippen LogP contribution is 2.18. The molecule has 0 bridgehead atoms. The summed E-state index contributed by atoms with van der Waals surface area (Å²) >= 11 is 0. The number of benzene rings is 1. The van der Waals surface area contributed by atoms with E-state index in [1.54, 1.807) is 6.20 Å². The molecule has 1 atom stereocenters. The Kier molecular flexibility index (Phi) is 3.41. The van der Waals surface area contributed by atoms with Gasteiger partial charge in [0.15, 0.2) is 0 Å². The van der Waals surface area contributed by atoms with E-state index in [2.05, 4.69) is 16.5 Å². The highest BCUT2D eigenvalue weighted by Gasteiger charge is 2.11. The van der Waals surface area contributed by atoms with Crippen molar-refractivity contribution in [3.63, 3.8) is 0 Å². The van der Waals surface area contributed by atoms with Crippen molar-refractivity contribution in [1.29, 1.82) is 5.26 Å². The zero-order valence-electron chi connectivity index (χ0n) is 9.67. The summed E-state index contributed by atoms with van der Waals surface area (Å²) in [5, 5.41) is 16.5. The Labute approximate surface area is 100 Å². The molecule has 0 fully saturated rings. The molecule has 1 N–H and O–H groups in total. The van der Waals surface area contributed by atoms with Crippen molar-refractivity contribution in [2.24, 2.45) is 0 Å². The molecule has 1 aromatic carbocycles. The largest absolute Gasteiger partial charge is 0.366 e. The van der Waals surface area contributed by atoms with Gasteiger partial charge in [0.05, 0.1) is 12.3 Å². The SMILES string of the molecule is CCn1cc(C(C#N)Nc2ccccc2)cn1. The van der Waals surface area contributed by atoms with Gasteiger partial charge in [-0.2, -0.15) is 10.4 Å². The van der Waals surface area contributed by atoms with Crippen LogP contribution in [0.4, 0.5) is 5.69 Å². The van der Waals surface area contributed by atoms with Gasteiger partial charge in [-0.05, 0) is 19.1 Å². The van der Waals surface area contributed by atoms with Gasteiger partial charge < -0.3 is 5.32 Å². The second kappa shape index (κ2) is 5.17. The fourth-order valence-electron chi connectivity index (χ4n) is 1.59. The van der Waals surface area contributed by atoms with Crippen molar-refractivity contribution >= 4 is 5.69 Å². The number of hydrogen-bond acceptors (Lipinski definition) is 3. The van der Waals surface area contributed by atoms with Crippen LogP contribution in [0.15, 0.2) is 42.7 Å². The minimum absolute atomic E-state index is 0.363. The van der Waals surface area contributed by atoms with Crippen LogP contribution in [0.5, 0.6) is 0 Å². The van der Waals surface area contributed by atoms with Crippen LogP contribution in [0, 0.1) is 11.3 Å². The number of para-hydroxylation sites is 1. The number of anilines is 1. The standard InChI is InChI=1S/C13H14N4/c1-2-17-10-11(9-15-17)13(8-14)16-12-6-4-3-5-7-12/h3-7,9-10,13,16H,2H2,1H3. The Bertz CT molecular complexity index is 510. The van der Waals surface area contributed by atoms with Crippen LogP contribution in [0.1, 0.15) is 18.5 Å². The molecule has 86 valence electrons. The highest BCUT2D eigenvalue weighted by molar-refractivity contribution is 5.46. The third-order valence-corrected chi connectivity index (χ3v) is 2.52. The van der Waals surface area contributed by atoms with Crippen LogP contribution >= 0.6 is 0 Å². The van der Waals surface area contributed by atoms with E-state index in [1.165, 1.54) is 0 Å². The van der Waals surface area contributed by atoms with Crippen molar-refractivity contribution in [3.05, 3.63) is 48.3 Å². The number of aryl methyl sites for hydroxylation is 1. The van der Waals surface area contributed by atoms with Crippen molar-refractivity contribution < 1.29 is 0 Å². The van der Waals surface area contributed by atoms with E-state index in [9.17, 15) is 5.26 Å². The van der Waals surface area contributed by atoms with Crippen LogP contribution in [0.2, 0.25) is 0 Å². The van der Waals surface area contributed by atoms with E-state index < -0.39 is 0 Å². The number of rotatable bonds is 4. The lowest BCUT2D eigenvalue weighted by Crippen LogP contribution is -2.07. The molecule has 0 spiro atoms. The van der Waals surface area contributed by atoms with Gasteiger partial charge >= 0.3 is 0 Å². The smallest absolute Gasteiger partial charge is 0.143 e. The van der Waals surface area contributed by atoms with Gasteiger partial charge in [0.25, 0.3) is 0 Å². The van der Waals surface area contributed by atoms with E-state index in [-0.39, 0.29) is 6.04 Å². The predicted molar refractivity (Wildman–Crippen MR) is 66.3 cm³/mol. The molecule has 1 heterocycles. The molecule has 1 unspecified atom stereocenters. The Morgan fingerprint density at radius 2 is 2.18 bits per heavy atom. The summed E-state index contributed by atoms with van der Waals surface area (Å²) in [7, 11) is 0. The quantitative estimate of drug-likeness (QED) is 0.871. The van der Waals surface area contributed by atoms with Crippen LogP contribution in [0.3, 0.4) is 0 Å². The lowest BCUT2D eigenvalue weighted by Gasteiger charge is -2.10. The molecule has 0 amide bonds. The van der Waals surface area contributed by atoms with Crippen molar-refractivity contribution in [2.45, 2.75) is 19.5 Å². The van der Waals surface area contributed by atoms with E-state index in [4.69, 9.17) is 0 Å². The van der Waals surface area contributed by atoms with Crippen molar-refractivity contribution in [1.82, 2.24) is 9.78 Å². The van der Waals surface area contributed by atoms with E-state index in [1.807, 2.05) is 48.1 Å². The summed E-state index contributed by atoms with van der Waals surface area (Å²) in [5.41, 5.74) is 1.82. The van der Waals surface area contributed by atoms with Gasteiger partial charge in [-0.25, -0.2) is 0 Å². The third kappa shape index (κ3) is 2.64. The molecule has 0 aliphatic heterocycles. The summed E-state index contributed by atoms with van der Waals surface area (Å²) in [6.07, 6.45) is 3.62.